The molecule has 0 aromatic heterocycles. The van der Waals surface area contributed by atoms with E-state index in [1.807, 2.05) is 6.07 Å². The van der Waals surface area contributed by atoms with Crippen LogP contribution in [0.25, 0.3) is 0 Å². The van der Waals surface area contributed by atoms with E-state index < -0.39 is 9.84 Å². The molecule has 1 radical (unpaired) electrons. The molecule has 1 saturated heterocycles. The molecule has 0 spiro atoms. The molecule has 1 aromatic rings. The molecule has 1 aromatic carbocycles. The summed E-state index contributed by atoms with van der Waals surface area (Å²) in [4.78, 5) is 2.97. The predicted molar refractivity (Wildman–Crippen MR) is 86.9 cm³/mol. The molecule has 1 aliphatic rings. The van der Waals surface area contributed by atoms with Gasteiger partial charge in [-0.05, 0) is 63.9 Å². The number of unbranched alkanes of at least 4 members (excludes halogenated alkanes) is 3. The van der Waals surface area contributed by atoms with Gasteiger partial charge in [0.15, 0.2) is 9.84 Å². The molecule has 3 nitrogen and oxygen atoms in total. The number of hydrogen-bond donors (Lipinski definition) is 0. The number of sulfone groups is 1. The van der Waals surface area contributed by atoms with Crippen LogP contribution >= 0.6 is 0 Å². The second-order valence-electron chi connectivity index (χ2n) is 5.75. The summed E-state index contributed by atoms with van der Waals surface area (Å²) in [5, 5.41) is 0. The van der Waals surface area contributed by atoms with Gasteiger partial charge in [-0.25, -0.2) is 8.42 Å². The second-order valence-corrected chi connectivity index (χ2v) is 7.86. The summed E-state index contributed by atoms with van der Waals surface area (Å²) in [7, 11) is -3.08. The van der Waals surface area contributed by atoms with Crippen LogP contribution in [0.1, 0.15) is 38.5 Å². The van der Waals surface area contributed by atoms with E-state index in [1.165, 1.54) is 38.9 Å². The van der Waals surface area contributed by atoms with Gasteiger partial charge in [0.05, 0.1) is 10.6 Å². The molecule has 4 heteroatoms. The zero-order chi connectivity index (χ0) is 15.0. The number of rotatable bonds is 8. The van der Waals surface area contributed by atoms with Gasteiger partial charge in [0.2, 0.25) is 0 Å². The van der Waals surface area contributed by atoms with E-state index in [0.717, 1.165) is 19.3 Å². The van der Waals surface area contributed by atoms with Crippen molar-refractivity contribution in [1.82, 2.24) is 4.90 Å². The molecule has 0 N–H and O–H groups in total. The maximum absolute atomic E-state index is 12.1. The third-order valence-corrected chi connectivity index (χ3v) is 5.86. The van der Waals surface area contributed by atoms with Gasteiger partial charge in [0, 0.05) is 0 Å². The van der Waals surface area contributed by atoms with E-state index in [0.29, 0.717) is 4.90 Å². The van der Waals surface area contributed by atoms with Crippen LogP contribution in [0.2, 0.25) is 0 Å². The first kappa shape index (κ1) is 16.5. The van der Waals surface area contributed by atoms with E-state index >= 15 is 0 Å². The first-order valence-corrected chi connectivity index (χ1v) is 9.65. The Morgan fingerprint density at radius 1 is 0.905 bits per heavy atom. The molecule has 1 fully saturated rings. The van der Waals surface area contributed by atoms with Crippen molar-refractivity contribution >= 4 is 9.84 Å². The molecule has 117 valence electrons. The Morgan fingerprint density at radius 2 is 1.57 bits per heavy atom. The van der Waals surface area contributed by atoms with E-state index in [1.54, 1.807) is 24.3 Å². The third-order valence-electron chi connectivity index (χ3n) is 4.04. The minimum absolute atomic E-state index is 0.273. The lowest BCUT2D eigenvalue weighted by Gasteiger charge is -2.26. The SMILES string of the molecule is O=S(=O)(CCCCCCN1CC[CH]CC1)c1ccccc1. The highest BCUT2D eigenvalue weighted by molar-refractivity contribution is 7.91. The minimum Gasteiger partial charge on any atom is -0.303 e. The summed E-state index contributed by atoms with van der Waals surface area (Å²) >= 11 is 0. The van der Waals surface area contributed by atoms with Gasteiger partial charge in [-0.1, -0.05) is 31.0 Å². The summed E-state index contributed by atoms with van der Waals surface area (Å²) in [5.41, 5.74) is 0. The molecule has 0 aliphatic carbocycles. The predicted octanol–water partition coefficient (Wildman–Crippen LogP) is 3.32. The summed E-state index contributed by atoms with van der Waals surface area (Å²) in [6, 6.07) is 8.77. The van der Waals surface area contributed by atoms with Crippen LogP contribution in [0.5, 0.6) is 0 Å². The molecule has 21 heavy (non-hydrogen) atoms. The summed E-state index contributed by atoms with van der Waals surface area (Å²) in [5.74, 6) is 0.273. The monoisotopic (exact) mass is 308 g/mol. The maximum atomic E-state index is 12.1. The Morgan fingerprint density at radius 3 is 2.29 bits per heavy atom. The molecule has 0 bridgehead atoms. The van der Waals surface area contributed by atoms with Crippen LogP contribution < -0.4 is 0 Å². The number of likely N-dealkylation sites (tertiary alicyclic amines) is 1. The highest BCUT2D eigenvalue weighted by Crippen LogP contribution is 2.14. The van der Waals surface area contributed by atoms with Gasteiger partial charge in [-0.3, -0.25) is 0 Å². The van der Waals surface area contributed by atoms with Gasteiger partial charge in [-0.2, -0.15) is 0 Å². The van der Waals surface area contributed by atoms with E-state index in [2.05, 4.69) is 11.3 Å². The van der Waals surface area contributed by atoms with Gasteiger partial charge in [0.1, 0.15) is 0 Å². The van der Waals surface area contributed by atoms with Crippen molar-refractivity contribution in [3.05, 3.63) is 36.8 Å². The summed E-state index contributed by atoms with van der Waals surface area (Å²) in [6.45, 7) is 3.56. The van der Waals surface area contributed by atoms with Crippen LogP contribution in [-0.2, 0) is 9.84 Å². The molecule has 1 heterocycles. The van der Waals surface area contributed by atoms with Crippen LogP contribution in [-0.4, -0.2) is 38.7 Å². The lowest BCUT2D eigenvalue weighted by Crippen LogP contribution is -2.30. The van der Waals surface area contributed by atoms with E-state index in [9.17, 15) is 8.42 Å². The fourth-order valence-corrected chi connectivity index (χ4v) is 4.15. The average Bonchev–Trinajstić information content (AvgIpc) is 2.52. The Bertz CT molecular complexity index is 493. The van der Waals surface area contributed by atoms with Crippen molar-refractivity contribution < 1.29 is 8.42 Å². The van der Waals surface area contributed by atoms with Crippen molar-refractivity contribution in [2.24, 2.45) is 0 Å². The van der Waals surface area contributed by atoms with Crippen LogP contribution in [0.3, 0.4) is 0 Å². The average molecular weight is 308 g/mol. The highest BCUT2D eigenvalue weighted by Gasteiger charge is 2.13. The van der Waals surface area contributed by atoms with Crippen molar-refractivity contribution in [2.45, 2.75) is 43.4 Å². The molecule has 0 amide bonds. The van der Waals surface area contributed by atoms with Crippen molar-refractivity contribution in [1.29, 1.82) is 0 Å². The minimum atomic E-state index is -3.08. The lowest BCUT2D eigenvalue weighted by molar-refractivity contribution is 0.248. The number of nitrogens with zero attached hydrogens (tertiary/aromatic N) is 1. The topological polar surface area (TPSA) is 37.4 Å². The van der Waals surface area contributed by atoms with E-state index in [-0.39, 0.29) is 5.75 Å². The number of benzene rings is 1. The Balaban J connectivity index is 1.59. The lowest BCUT2D eigenvalue weighted by atomic mass is 10.1. The van der Waals surface area contributed by atoms with E-state index in [4.69, 9.17) is 0 Å². The standard InChI is InChI=1S/C17H26NO2S/c19-21(20,17-11-5-3-6-12-17)16-10-2-1-7-13-18-14-8-4-9-15-18/h3-6,11-12H,1-2,7-10,13-16H2. The van der Waals surface area contributed by atoms with Gasteiger partial charge in [0.25, 0.3) is 0 Å². The molecule has 0 atom stereocenters. The fraction of sp³-hybridized carbons (Fsp3) is 0.588. The number of piperidine rings is 1. The number of hydrogen-bond acceptors (Lipinski definition) is 3. The molecule has 0 saturated carbocycles. The van der Waals surface area contributed by atoms with Crippen LogP contribution in [0.4, 0.5) is 0 Å². The van der Waals surface area contributed by atoms with Crippen molar-refractivity contribution in [2.75, 3.05) is 25.4 Å². The highest BCUT2D eigenvalue weighted by atomic mass is 32.2. The molecular formula is C17H26NO2S. The van der Waals surface area contributed by atoms with Crippen molar-refractivity contribution in [3.8, 4) is 0 Å². The Kier molecular flexibility index (Phi) is 6.71. The Hall–Kier alpha value is -0.870. The summed E-state index contributed by atoms with van der Waals surface area (Å²) in [6.07, 6.45) is 8.89. The second kappa shape index (κ2) is 8.54. The largest absolute Gasteiger partial charge is 0.303 e. The molecule has 1 aliphatic heterocycles. The molecule has 2 rings (SSSR count). The smallest absolute Gasteiger partial charge is 0.178 e. The van der Waals surface area contributed by atoms with Gasteiger partial charge in [-0.15, -0.1) is 0 Å². The van der Waals surface area contributed by atoms with Crippen LogP contribution in [0, 0.1) is 6.42 Å². The molecule has 0 unspecified atom stereocenters. The first-order chi connectivity index (χ1) is 10.2. The van der Waals surface area contributed by atoms with Gasteiger partial charge < -0.3 is 4.90 Å². The normalized spacial score (nSPS) is 17.0. The zero-order valence-electron chi connectivity index (χ0n) is 12.7. The molecular weight excluding hydrogens is 282 g/mol. The van der Waals surface area contributed by atoms with Crippen LogP contribution in [0.15, 0.2) is 35.2 Å². The fourth-order valence-electron chi connectivity index (χ4n) is 2.75. The third kappa shape index (κ3) is 5.79. The zero-order valence-corrected chi connectivity index (χ0v) is 13.5. The maximum Gasteiger partial charge on any atom is 0.178 e. The Labute approximate surface area is 129 Å². The quantitative estimate of drug-likeness (QED) is 0.691. The summed E-state index contributed by atoms with van der Waals surface area (Å²) < 4.78 is 24.2. The van der Waals surface area contributed by atoms with Gasteiger partial charge >= 0.3 is 0 Å². The van der Waals surface area contributed by atoms with Crippen molar-refractivity contribution in [3.63, 3.8) is 0 Å². The first-order valence-electron chi connectivity index (χ1n) is 8.00.